The zero-order chi connectivity index (χ0) is 25.6. The van der Waals surface area contributed by atoms with Crippen LogP contribution in [0.5, 0.6) is 0 Å². The van der Waals surface area contributed by atoms with Crippen LogP contribution in [-0.2, 0) is 4.79 Å². The molecular formula is C32H42N4O. The number of hydrogen-bond acceptors (Lipinski definition) is 5. The molecule has 2 saturated carbocycles. The van der Waals surface area contributed by atoms with Gasteiger partial charge in [-0.2, -0.15) is 0 Å². The van der Waals surface area contributed by atoms with Crippen LogP contribution in [0.3, 0.4) is 0 Å². The minimum Gasteiger partial charge on any atom is -0.398 e. The molecular weight excluding hydrogens is 456 g/mol. The van der Waals surface area contributed by atoms with Crippen molar-refractivity contribution in [1.29, 1.82) is 0 Å². The number of hydrogen-bond donors (Lipinski definition) is 4. The van der Waals surface area contributed by atoms with Gasteiger partial charge in [0, 0.05) is 17.8 Å². The fourth-order valence-corrected chi connectivity index (χ4v) is 6.34. The van der Waals surface area contributed by atoms with Crippen LogP contribution in [0.4, 0.5) is 5.69 Å². The summed E-state index contributed by atoms with van der Waals surface area (Å²) in [5, 5.41) is 10.0. The number of ketones is 1. The average molecular weight is 499 g/mol. The highest BCUT2D eigenvalue weighted by molar-refractivity contribution is 5.94. The summed E-state index contributed by atoms with van der Waals surface area (Å²) in [5.74, 6) is -0.476. The van der Waals surface area contributed by atoms with Gasteiger partial charge in [-0.3, -0.25) is 15.4 Å². The fourth-order valence-electron chi connectivity index (χ4n) is 6.34. The summed E-state index contributed by atoms with van der Waals surface area (Å²) >= 11 is 0. The van der Waals surface area contributed by atoms with Crippen molar-refractivity contribution in [2.75, 3.05) is 5.73 Å². The number of nitrogens with one attached hydrogen (secondary N) is 2. The summed E-state index contributed by atoms with van der Waals surface area (Å²) in [4.78, 5) is 14.4. The number of nitrogen functional groups attached to an aromatic ring is 1. The van der Waals surface area contributed by atoms with E-state index in [1.54, 1.807) is 0 Å². The number of benzene rings is 3. The lowest BCUT2D eigenvalue weighted by molar-refractivity contribution is -0.123. The molecule has 2 atom stereocenters. The zero-order valence-electron chi connectivity index (χ0n) is 21.9. The molecule has 0 aliphatic heterocycles. The Morgan fingerprint density at radius 1 is 0.730 bits per heavy atom. The van der Waals surface area contributed by atoms with Gasteiger partial charge in [0.2, 0.25) is 0 Å². The topological polar surface area (TPSA) is 93.2 Å². The molecule has 0 saturated heterocycles. The fraction of sp³-hybridized carbons (Fsp3) is 0.469. The zero-order valence-corrected chi connectivity index (χ0v) is 21.9. The van der Waals surface area contributed by atoms with E-state index in [9.17, 15) is 4.79 Å². The van der Waals surface area contributed by atoms with Crippen LogP contribution in [0.2, 0.25) is 0 Å². The van der Waals surface area contributed by atoms with E-state index in [0.29, 0.717) is 17.8 Å². The van der Waals surface area contributed by atoms with Crippen LogP contribution >= 0.6 is 0 Å². The molecule has 37 heavy (non-hydrogen) atoms. The van der Waals surface area contributed by atoms with E-state index in [1.807, 2.05) is 42.5 Å². The quantitative estimate of drug-likeness (QED) is 0.216. The molecule has 3 aromatic rings. The molecule has 0 radical (unpaired) electrons. The second-order valence-electron chi connectivity index (χ2n) is 11.1. The van der Waals surface area contributed by atoms with Crippen molar-refractivity contribution in [1.82, 2.24) is 10.6 Å². The summed E-state index contributed by atoms with van der Waals surface area (Å²) in [6.45, 7) is 0. The lowest BCUT2D eigenvalue weighted by atomic mass is 9.83. The Morgan fingerprint density at radius 3 is 1.92 bits per heavy atom. The van der Waals surface area contributed by atoms with E-state index in [-0.39, 0.29) is 11.9 Å². The molecule has 0 amide bonds. The first-order chi connectivity index (χ1) is 18.1. The maximum absolute atomic E-state index is 14.4. The molecule has 0 bridgehead atoms. The number of fused-ring (bicyclic) bond motifs is 1. The Hall–Kier alpha value is -2.73. The third kappa shape index (κ3) is 6.23. The standard InChI is InChI=1S/C32H42N4O/c33-28-18-10-9-17-27(28)29(31(37)30(34)24-20-19-22-11-7-8-12-23(22)21-24)32(35-25-13-3-1-4-14-25)36-26-15-5-2-6-16-26/h7-12,17-21,25-26,29-30,32,35-36H,1-6,13-16,33-34H2. The Kier molecular flexibility index (Phi) is 8.55. The van der Waals surface area contributed by atoms with Crippen molar-refractivity contribution in [3.63, 3.8) is 0 Å². The smallest absolute Gasteiger partial charge is 0.164 e. The van der Waals surface area contributed by atoms with E-state index in [1.165, 1.54) is 38.5 Å². The van der Waals surface area contributed by atoms with Gasteiger partial charge in [0.05, 0.1) is 18.1 Å². The molecule has 0 heterocycles. The first-order valence-electron chi connectivity index (χ1n) is 14.2. The van der Waals surface area contributed by atoms with Crippen LogP contribution < -0.4 is 22.1 Å². The van der Waals surface area contributed by atoms with Crippen molar-refractivity contribution in [3.05, 3.63) is 77.9 Å². The minimum atomic E-state index is -0.738. The van der Waals surface area contributed by atoms with Crippen LogP contribution in [0.1, 0.15) is 87.3 Å². The van der Waals surface area contributed by atoms with Crippen LogP contribution in [0.15, 0.2) is 66.7 Å². The third-order valence-electron chi connectivity index (χ3n) is 8.45. The number of carbonyl (C=O) groups is 1. The Bertz CT molecular complexity index is 1160. The van der Waals surface area contributed by atoms with Crippen molar-refractivity contribution < 1.29 is 4.79 Å². The predicted octanol–water partition coefficient (Wildman–Crippen LogP) is 5.95. The second-order valence-corrected chi connectivity index (χ2v) is 11.1. The number of para-hydroxylation sites is 1. The highest BCUT2D eigenvalue weighted by Crippen LogP contribution is 2.33. The number of nitrogens with two attached hydrogens (primary N) is 2. The van der Waals surface area contributed by atoms with E-state index < -0.39 is 12.0 Å². The van der Waals surface area contributed by atoms with Gasteiger partial charge in [0.15, 0.2) is 5.78 Å². The summed E-state index contributed by atoms with van der Waals surface area (Å²) in [6, 6.07) is 22.2. The highest BCUT2D eigenvalue weighted by Gasteiger charge is 2.37. The minimum absolute atomic E-state index is 0.00444. The highest BCUT2D eigenvalue weighted by atomic mass is 16.1. The van der Waals surface area contributed by atoms with Gasteiger partial charge in [0.1, 0.15) is 0 Å². The Morgan fingerprint density at radius 2 is 1.30 bits per heavy atom. The molecule has 0 aromatic heterocycles. The molecule has 2 aliphatic carbocycles. The summed E-state index contributed by atoms with van der Waals surface area (Å²) in [6.07, 6.45) is 11.9. The first kappa shape index (κ1) is 25.9. The SMILES string of the molecule is Nc1ccccc1C(C(=O)C(N)c1ccc2ccccc2c1)C(NC1CCCCC1)NC1CCCCC1. The molecule has 5 heteroatoms. The number of Topliss-reactive ketones (excluding diaryl/α,β-unsaturated/α-hetero) is 1. The molecule has 196 valence electrons. The maximum atomic E-state index is 14.4. The van der Waals surface area contributed by atoms with E-state index in [2.05, 4.69) is 34.9 Å². The third-order valence-corrected chi connectivity index (χ3v) is 8.45. The van der Waals surface area contributed by atoms with E-state index in [0.717, 1.165) is 47.6 Å². The Balaban J connectivity index is 1.50. The second kappa shape index (κ2) is 12.2. The molecule has 5 rings (SSSR count). The molecule has 2 aliphatic rings. The predicted molar refractivity (Wildman–Crippen MR) is 153 cm³/mol. The van der Waals surface area contributed by atoms with Gasteiger partial charge in [-0.25, -0.2) is 0 Å². The van der Waals surface area contributed by atoms with Crippen LogP contribution in [-0.4, -0.2) is 24.0 Å². The lowest BCUT2D eigenvalue weighted by Gasteiger charge is -2.38. The van der Waals surface area contributed by atoms with Crippen molar-refractivity contribution >= 4 is 22.2 Å². The monoisotopic (exact) mass is 498 g/mol. The van der Waals surface area contributed by atoms with Gasteiger partial charge in [-0.1, -0.05) is 93.1 Å². The molecule has 6 N–H and O–H groups in total. The van der Waals surface area contributed by atoms with Crippen molar-refractivity contribution in [3.8, 4) is 0 Å². The van der Waals surface area contributed by atoms with Crippen molar-refractivity contribution in [2.24, 2.45) is 5.73 Å². The summed E-state index contributed by atoms with van der Waals surface area (Å²) < 4.78 is 0. The summed E-state index contributed by atoms with van der Waals surface area (Å²) in [7, 11) is 0. The number of anilines is 1. The van der Waals surface area contributed by atoms with Gasteiger partial charge >= 0.3 is 0 Å². The molecule has 0 spiro atoms. The van der Waals surface area contributed by atoms with Crippen molar-refractivity contribution in [2.45, 2.75) is 94.4 Å². The van der Waals surface area contributed by atoms with E-state index in [4.69, 9.17) is 11.5 Å². The molecule has 2 fully saturated rings. The first-order valence-corrected chi connectivity index (χ1v) is 14.2. The van der Waals surface area contributed by atoms with Gasteiger partial charge in [-0.15, -0.1) is 0 Å². The molecule has 2 unspecified atom stereocenters. The summed E-state index contributed by atoms with van der Waals surface area (Å²) in [5.41, 5.74) is 15.7. The van der Waals surface area contributed by atoms with Crippen LogP contribution in [0, 0.1) is 0 Å². The Labute approximate surface area is 221 Å². The molecule has 3 aromatic carbocycles. The van der Waals surface area contributed by atoms with Crippen LogP contribution in [0.25, 0.3) is 10.8 Å². The molecule has 5 nitrogen and oxygen atoms in total. The largest absolute Gasteiger partial charge is 0.398 e. The maximum Gasteiger partial charge on any atom is 0.164 e. The average Bonchev–Trinajstić information content (AvgIpc) is 2.94. The number of carbonyl (C=O) groups excluding carboxylic acids is 1. The van der Waals surface area contributed by atoms with Gasteiger partial charge in [-0.05, 0) is 59.7 Å². The lowest BCUT2D eigenvalue weighted by Crippen LogP contribution is -2.57. The van der Waals surface area contributed by atoms with Gasteiger partial charge < -0.3 is 11.5 Å². The van der Waals surface area contributed by atoms with E-state index >= 15 is 0 Å². The number of rotatable bonds is 9. The normalized spacial score (nSPS) is 19.2. The van der Waals surface area contributed by atoms with Gasteiger partial charge in [0.25, 0.3) is 0 Å².